The summed E-state index contributed by atoms with van der Waals surface area (Å²) in [6.07, 6.45) is -0.564. The Kier molecular flexibility index (Phi) is 5.75. The summed E-state index contributed by atoms with van der Waals surface area (Å²) in [5, 5.41) is 0. The second kappa shape index (κ2) is 7.79. The van der Waals surface area contributed by atoms with Gasteiger partial charge in [0.05, 0.1) is 18.8 Å². The van der Waals surface area contributed by atoms with E-state index in [4.69, 9.17) is 14.2 Å². The van der Waals surface area contributed by atoms with Crippen molar-refractivity contribution in [2.45, 2.75) is 31.8 Å². The number of carbonyl (C=O) groups is 2. The molecule has 2 heterocycles. The molecule has 0 radical (unpaired) electrons. The van der Waals surface area contributed by atoms with Crippen molar-refractivity contribution in [3.63, 3.8) is 0 Å². The number of H-pyrrole nitrogens is 1. The van der Waals surface area contributed by atoms with Gasteiger partial charge in [-0.3, -0.25) is 19.1 Å². The number of nitrogens with one attached hydrogen (secondary N) is 1. The van der Waals surface area contributed by atoms with Crippen LogP contribution in [0.1, 0.15) is 25.1 Å². The normalized spacial score (nSPS) is 22.2. The maximum absolute atomic E-state index is 12.1. The number of hydrogen-bond acceptors (Lipinski definition) is 8. The first-order valence-corrected chi connectivity index (χ1v) is 7.37. The van der Waals surface area contributed by atoms with Crippen LogP contribution in [0.15, 0.2) is 22.4 Å². The Bertz CT molecular complexity index is 780. The van der Waals surface area contributed by atoms with Crippen LogP contribution < -0.4 is 11.2 Å². The van der Waals surface area contributed by atoms with E-state index < -0.39 is 41.8 Å². The van der Waals surface area contributed by atoms with Gasteiger partial charge in [-0.25, -0.2) is 9.59 Å². The van der Waals surface area contributed by atoms with Gasteiger partial charge >= 0.3 is 17.8 Å². The summed E-state index contributed by atoms with van der Waals surface area (Å²) in [5.41, 5.74) is -1.17. The van der Waals surface area contributed by atoms with E-state index in [9.17, 15) is 19.2 Å². The predicted molar refractivity (Wildman–Crippen MR) is 83.9 cm³/mol. The fraction of sp³-hybridized carbons (Fsp3) is 0.467. The zero-order chi connectivity index (χ0) is 18.6. The van der Waals surface area contributed by atoms with Crippen LogP contribution in [-0.2, 0) is 23.7 Å². The van der Waals surface area contributed by atoms with Crippen molar-refractivity contribution in [2.24, 2.45) is 0 Å². The average Bonchev–Trinajstić information content (AvgIpc) is 2.94. The van der Waals surface area contributed by atoms with Gasteiger partial charge < -0.3 is 18.9 Å². The highest BCUT2D eigenvalue weighted by Gasteiger charge is 2.40. The molecule has 136 valence electrons. The van der Waals surface area contributed by atoms with E-state index in [0.717, 1.165) is 4.57 Å². The average molecular weight is 354 g/mol. The van der Waals surface area contributed by atoms with Crippen molar-refractivity contribution < 1.29 is 28.5 Å². The van der Waals surface area contributed by atoms with Crippen LogP contribution in [-0.4, -0.2) is 47.6 Å². The molecular weight excluding hydrogens is 336 g/mol. The molecule has 1 aliphatic rings. The number of carbonyl (C=O) groups excluding carboxylic acids is 2. The van der Waals surface area contributed by atoms with Gasteiger partial charge in [0.1, 0.15) is 12.7 Å². The summed E-state index contributed by atoms with van der Waals surface area (Å²) < 4.78 is 21.1. The van der Waals surface area contributed by atoms with Crippen molar-refractivity contribution in [3.8, 4) is 0 Å². The zero-order valence-corrected chi connectivity index (χ0v) is 13.7. The topological polar surface area (TPSA) is 126 Å². The van der Waals surface area contributed by atoms with Crippen molar-refractivity contribution in [3.05, 3.63) is 39.2 Å². The molecule has 1 aliphatic heterocycles. The standard InChI is InChI=1S/C15H18N2O8/c1-4-9-6-17(14(20)16-12(9)19)13-11(24-8(2)18)5-10(25-13)7-23-15(21)22-3/h4,6,10-11,13H,1,5,7H2,2-3H3,(H,16,19,20)/t10-,11+,13+/m0/s1. The van der Waals surface area contributed by atoms with Crippen LogP contribution in [0.4, 0.5) is 4.79 Å². The van der Waals surface area contributed by atoms with Gasteiger partial charge in [-0.05, 0) is 0 Å². The van der Waals surface area contributed by atoms with E-state index in [1.165, 1.54) is 26.3 Å². The number of aromatic nitrogens is 2. The molecule has 0 aliphatic carbocycles. The third-order valence-corrected chi connectivity index (χ3v) is 3.51. The Balaban J connectivity index is 2.28. The first kappa shape index (κ1) is 18.5. The fourth-order valence-electron chi connectivity index (χ4n) is 2.44. The molecule has 1 fully saturated rings. The minimum absolute atomic E-state index is 0.145. The number of hydrogen-bond donors (Lipinski definition) is 1. The van der Waals surface area contributed by atoms with Crippen LogP contribution in [0.2, 0.25) is 0 Å². The van der Waals surface area contributed by atoms with E-state index in [-0.39, 0.29) is 18.6 Å². The monoisotopic (exact) mass is 354 g/mol. The van der Waals surface area contributed by atoms with Crippen molar-refractivity contribution in [1.29, 1.82) is 0 Å². The molecule has 25 heavy (non-hydrogen) atoms. The van der Waals surface area contributed by atoms with E-state index in [1.807, 2.05) is 0 Å². The smallest absolute Gasteiger partial charge is 0.458 e. The third kappa shape index (κ3) is 4.35. The molecule has 3 atom stereocenters. The van der Waals surface area contributed by atoms with Gasteiger partial charge in [-0.15, -0.1) is 0 Å². The molecule has 0 spiro atoms. The predicted octanol–water partition coefficient (Wildman–Crippen LogP) is 0.182. The van der Waals surface area contributed by atoms with Crippen LogP contribution in [0.5, 0.6) is 0 Å². The molecule has 0 bridgehead atoms. The van der Waals surface area contributed by atoms with Gasteiger partial charge in [0.25, 0.3) is 5.56 Å². The molecular formula is C15H18N2O8. The molecule has 10 nitrogen and oxygen atoms in total. The lowest BCUT2D eigenvalue weighted by Crippen LogP contribution is -2.37. The van der Waals surface area contributed by atoms with Crippen LogP contribution >= 0.6 is 0 Å². The van der Waals surface area contributed by atoms with Crippen molar-refractivity contribution >= 4 is 18.2 Å². The quantitative estimate of drug-likeness (QED) is 0.742. The van der Waals surface area contributed by atoms with E-state index in [1.54, 1.807) is 0 Å². The van der Waals surface area contributed by atoms with E-state index in [0.29, 0.717) is 0 Å². The Morgan fingerprint density at radius 1 is 1.48 bits per heavy atom. The summed E-state index contributed by atoms with van der Waals surface area (Å²) in [7, 11) is 1.17. The zero-order valence-electron chi connectivity index (χ0n) is 13.7. The molecule has 1 saturated heterocycles. The first-order chi connectivity index (χ1) is 11.8. The van der Waals surface area contributed by atoms with Crippen LogP contribution in [0.25, 0.3) is 6.08 Å². The summed E-state index contributed by atoms with van der Waals surface area (Å²) in [6, 6.07) is 0. The van der Waals surface area contributed by atoms with Gasteiger partial charge in [0.15, 0.2) is 6.23 Å². The first-order valence-electron chi connectivity index (χ1n) is 7.37. The van der Waals surface area contributed by atoms with Gasteiger partial charge in [-0.2, -0.15) is 0 Å². The van der Waals surface area contributed by atoms with E-state index >= 15 is 0 Å². The molecule has 1 N–H and O–H groups in total. The molecule has 0 amide bonds. The highest BCUT2D eigenvalue weighted by atomic mass is 16.7. The molecule has 2 rings (SSSR count). The highest BCUT2D eigenvalue weighted by molar-refractivity contribution is 5.66. The molecule has 0 aromatic carbocycles. The Hall–Kier alpha value is -2.88. The molecule has 1 aromatic rings. The molecule has 0 unspecified atom stereocenters. The maximum Gasteiger partial charge on any atom is 0.508 e. The Morgan fingerprint density at radius 2 is 2.20 bits per heavy atom. The maximum atomic E-state index is 12.1. The SMILES string of the molecule is C=Cc1cn([C@@H]2O[C@H](COC(=O)OC)C[C@H]2OC(C)=O)c(=O)[nH]c1=O. The summed E-state index contributed by atoms with van der Waals surface area (Å²) >= 11 is 0. The number of rotatable bonds is 5. The second-order valence-corrected chi connectivity index (χ2v) is 5.25. The molecule has 10 heteroatoms. The van der Waals surface area contributed by atoms with Gasteiger partial charge in [0.2, 0.25) is 0 Å². The van der Waals surface area contributed by atoms with Crippen LogP contribution in [0, 0.1) is 0 Å². The highest BCUT2D eigenvalue weighted by Crippen LogP contribution is 2.30. The fourth-order valence-corrected chi connectivity index (χ4v) is 2.44. The summed E-state index contributed by atoms with van der Waals surface area (Å²) in [5.74, 6) is -0.561. The lowest BCUT2D eigenvalue weighted by Gasteiger charge is -2.20. The lowest BCUT2D eigenvalue weighted by atomic mass is 10.2. The second-order valence-electron chi connectivity index (χ2n) is 5.25. The van der Waals surface area contributed by atoms with Crippen LogP contribution in [0.3, 0.4) is 0 Å². The number of esters is 1. The Labute approximate surface area is 141 Å². The lowest BCUT2D eigenvalue weighted by molar-refractivity contribution is -0.152. The molecule has 1 aromatic heterocycles. The van der Waals surface area contributed by atoms with Crippen molar-refractivity contribution in [1.82, 2.24) is 9.55 Å². The largest absolute Gasteiger partial charge is 0.508 e. The number of nitrogens with zero attached hydrogens (tertiary/aromatic N) is 1. The van der Waals surface area contributed by atoms with Gasteiger partial charge in [0, 0.05) is 19.5 Å². The number of methoxy groups -OCH3 is 1. The minimum atomic E-state index is -0.988. The van der Waals surface area contributed by atoms with Gasteiger partial charge in [-0.1, -0.05) is 12.7 Å². The summed E-state index contributed by atoms with van der Waals surface area (Å²) in [4.78, 5) is 48.2. The third-order valence-electron chi connectivity index (χ3n) is 3.51. The Morgan fingerprint density at radius 3 is 2.80 bits per heavy atom. The van der Waals surface area contributed by atoms with E-state index in [2.05, 4.69) is 16.3 Å². The van der Waals surface area contributed by atoms with Crippen molar-refractivity contribution in [2.75, 3.05) is 13.7 Å². The molecule has 0 saturated carbocycles. The number of aromatic amines is 1. The summed E-state index contributed by atoms with van der Waals surface area (Å²) in [6.45, 7) is 4.57. The minimum Gasteiger partial charge on any atom is -0.458 e. The number of ether oxygens (including phenoxy) is 4.